The summed E-state index contributed by atoms with van der Waals surface area (Å²) in [5, 5.41) is 2.45. The number of carbonyl (C=O) groups is 4. The zero-order valence-corrected chi connectivity index (χ0v) is 14.4. The molecule has 2 rings (SSSR count). The van der Waals surface area contributed by atoms with E-state index in [1.165, 1.54) is 18.0 Å². The first kappa shape index (κ1) is 19.4. The van der Waals surface area contributed by atoms with E-state index in [0.29, 0.717) is 5.56 Å². The Hall–Kier alpha value is -2.97. The number of hydrogen-bond donors (Lipinski definition) is 1. The van der Waals surface area contributed by atoms with E-state index in [2.05, 4.69) is 5.32 Å². The summed E-state index contributed by atoms with van der Waals surface area (Å²) < 4.78 is 18.2. The van der Waals surface area contributed by atoms with Crippen LogP contribution in [0, 0.1) is 5.82 Å². The van der Waals surface area contributed by atoms with Crippen molar-refractivity contribution in [2.45, 2.75) is 19.4 Å². The van der Waals surface area contributed by atoms with Crippen LogP contribution < -0.4 is 5.32 Å². The third-order valence-electron chi connectivity index (χ3n) is 3.79. The molecule has 0 bridgehead atoms. The highest BCUT2D eigenvalue weighted by molar-refractivity contribution is 6.01. The summed E-state index contributed by atoms with van der Waals surface area (Å²) >= 11 is 0. The minimum atomic E-state index is -0.613. The fourth-order valence-electron chi connectivity index (χ4n) is 2.38. The number of esters is 1. The van der Waals surface area contributed by atoms with Gasteiger partial charge in [-0.2, -0.15) is 0 Å². The predicted octanol–water partition coefficient (Wildman–Crippen LogP) is 0.659. The summed E-state index contributed by atoms with van der Waals surface area (Å²) in [7, 11) is 1.52. The summed E-state index contributed by atoms with van der Waals surface area (Å²) in [5.41, 5.74) is 0.331. The molecule has 8 nitrogen and oxygen atoms in total. The second-order valence-electron chi connectivity index (χ2n) is 5.82. The summed E-state index contributed by atoms with van der Waals surface area (Å²) in [6.45, 7) is -0.324. The fourth-order valence-corrected chi connectivity index (χ4v) is 2.38. The number of halogens is 1. The first-order chi connectivity index (χ1) is 12.4. The normalized spacial score (nSPS) is 13.9. The minimum Gasteiger partial charge on any atom is -0.456 e. The Bertz CT molecular complexity index is 709. The van der Waals surface area contributed by atoms with Gasteiger partial charge in [-0.25, -0.2) is 9.18 Å². The molecule has 1 fully saturated rings. The molecule has 140 valence electrons. The lowest BCUT2D eigenvalue weighted by Gasteiger charge is -2.13. The first-order valence-electron chi connectivity index (χ1n) is 8.09. The van der Waals surface area contributed by atoms with Crippen molar-refractivity contribution in [3.8, 4) is 0 Å². The van der Waals surface area contributed by atoms with Gasteiger partial charge in [0.1, 0.15) is 12.4 Å². The molecule has 0 aliphatic carbocycles. The van der Waals surface area contributed by atoms with Crippen LogP contribution in [0.5, 0.6) is 0 Å². The third-order valence-corrected chi connectivity index (χ3v) is 3.79. The van der Waals surface area contributed by atoms with E-state index in [-0.39, 0.29) is 38.4 Å². The monoisotopic (exact) mass is 365 g/mol. The number of hydrogen-bond acceptors (Lipinski definition) is 5. The van der Waals surface area contributed by atoms with E-state index in [4.69, 9.17) is 4.74 Å². The molecule has 26 heavy (non-hydrogen) atoms. The highest BCUT2D eigenvalue weighted by Crippen LogP contribution is 2.09. The number of nitrogens with zero attached hydrogens (tertiary/aromatic N) is 2. The van der Waals surface area contributed by atoms with Crippen molar-refractivity contribution in [2.24, 2.45) is 0 Å². The molecule has 0 unspecified atom stereocenters. The minimum absolute atomic E-state index is 0.00421. The van der Waals surface area contributed by atoms with Crippen LogP contribution in [0.3, 0.4) is 0 Å². The molecule has 9 heteroatoms. The smallest absolute Gasteiger partial charge is 0.326 e. The van der Waals surface area contributed by atoms with Crippen molar-refractivity contribution < 1.29 is 28.3 Å². The van der Waals surface area contributed by atoms with E-state index in [1.54, 1.807) is 18.2 Å². The summed E-state index contributed by atoms with van der Waals surface area (Å²) in [6, 6.07) is 5.63. The van der Waals surface area contributed by atoms with Gasteiger partial charge < -0.3 is 15.0 Å². The number of carbonyl (C=O) groups excluding carboxylic acids is 4. The van der Waals surface area contributed by atoms with Crippen LogP contribution in [0.4, 0.5) is 9.18 Å². The number of imide groups is 1. The van der Waals surface area contributed by atoms with Gasteiger partial charge in [-0.3, -0.25) is 19.3 Å². The van der Waals surface area contributed by atoms with Crippen LogP contribution in [0.2, 0.25) is 0 Å². The van der Waals surface area contributed by atoms with Crippen LogP contribution in [0.25, 0.3) is 0 Å². The number of amides is 4. The number of nitrogens with one attached hydrogen (secondary N) is 1. The number of likely N-dealkylation sites (N-methyl/N-ethyl adjacent to an activating group) is 1. The molecule has 0 spiro atoms. The van der Waals surface area contributed by atoms with Crippen LogP contribution in [0.15, 0.2) is 24.3 Å². The summed E-state index contributed by atoms with van der Waals surface area (Å²) in [5.74, 6) is -1.90. The fraction of sp³-hybridized carbons (Fsp3) is 0.412. The second-order valence-corrected chi connectivity index (χ2v) is 5.82. The molecule has 1 heterocycles. The zero-order valence-electron chi connectivity index (χ0n) is 14.4. The van der Waals surface area contributed by atoms with Crippen molar-refractivity contribution in [2.75, 3.05) is 26.7 Å². The van der Waals surface area contributed by atoms with Gasteiger partial charge >= 0.3 is 12.0 Å². The Morgan fingerprint density at radius 2 is 2.00 bits per heavy atom. The van der Waals surface area contributed by atoms with E-state index in [1.807, 2.05) is 0 Å². The molecular weight excluding hydrogens is 345 g/mol. The van der Waals surface area contributed by atoms with Gasteiger partial charge in [0.15, 0.2) is 6.61 Å². The largest absolute Gasteiger partial charge is 0.456 e. The molecule has 1 aliphatic rings. The molecule has 0 aromatic heterocycles. The Balaban J connectivity index is 1.62. The van der Waals surface area contributed by atoms with Crippen molar-refractivity contribution in [1.29, 1.82) is 0 Å². The lowest BCUT2D eigenvalue weighted by molar-refractivity contribution is -0.148. The van der Waals surface area contributed by atoms with E-state index in [0.717, 1.165) is 4.90 Å². The van der Waals surface area contributed by atoms with Crippen molar-refractivity contribution in [3.05, 3.63) is 35.6 Å². The zero-order chi connectivity index (χ0) is 19.1. The quantitative estimate of drug-likeness (QED) is 0.539. The SMILES string of the molecule is CN1CC(=O)N(CCCC(=O)OCC(=O)NCc2ccccc2F)C1=O. The Labute approximate surface area is 149 Å². The van der Waals surface area contributed by atoms with E-state index >= 15 is 0 Å². The van der Waals surface area contributed by atoms with Gasteiger partial charge in [0.25, 0.3) is 5.91 Å². The van der Waals surface area contributed by atoms with Crippen molar-refractivity contribution in [1.82, 2.24) is 15.1 Å². The van der Waals surface area contributed by atoms with Gasteiger partial charge in [-0.1, -0.05) is 18.2 Å². The van der Waals surface area contributed by atoms with Crippen LogP contribution in [-0.2, 0) is 25.7 Å². The highest BCUT2D eigenvalue weighted by atomic mass is 19.1. The molecule has 4 amide bonds. The Kier molecular flexibility index (Phi) is 6.65. The average molecular weight is 365 g/mol. The third kappa shape index (κ3) is 5.27. The maximum atomic E-state index is 13.4. The van der Waals surface area contributed by atoms with E-state index < -0.39 is 30.3 Å². The number of rotatable bonds is 8. The number of urea groups is 1. The lowest BCUT2D eigenvalue weighted by Crippen LogP contribution is -2.33. The first-order valence-corrected chi connectivity index (χ1v) is 8.09. The van der Waals surface area contributed by atoms with E-state index in [9.17, 15) is 23.6 Å². The van der Waals surface area contributed by atoms with Crippen LogP contribution in [-0.4, -0.2) is 60.4 Å². The number of benzene rings is 1. The van der Waals surface area contributed by atoms with Gasteiger partial charge in [0, 0.05) is 32.1 Å². The predicted molar refractivity (Wildman–Crippen MR) is 88.2 cm³/mol. The highest BCUT2D eigenvalue weighted by Gasteiger charge is 2.32. The van der Waals surface area contributed by atoms with Crippen LogP contribution >= 0.6 is 0 Å². The number of ether oxygens (including phenoxy) is 1. The molecule has 0 radical (unpaired) electrons. The maximum absolute atomic E-state index is 13.4. The molecule has 1 saturated heterocycles. The second kappa shape index (κ2) is 8.93. The molecule has 1 aliphatic heterocycles. The lowest BCUT2D eigenvalue weighted by atomic mass is 10.2. The molecule has 1 aromatic carbocycles. The topological polar surface area (TPSA) is 96.0 Å². The summed E-state index contributed by atoms with van der Waals surface area (Å²) in [4.78, 5) is 48.8. The van der Waals surface area contributed by atoms with Crippen LogP contribution in [0.1, 0.15) is 18.4 Å². The van der Waals surface area contributed by atoms with Gasteiger partial charge in [-0.15, -0.1) is 0 Å². The molecule has 1 aromatic rings. The maximum Gasteiger partial charge on any atom is 0.326 e. The molecular formula is C17H20FN3O5. The summed E-state index contributed by atoms with van der Waals surface area (Å²) in [6.07, 6.45) is 0.225. The standard InChI is InChI=1S/C17H20FN3O5/c1-20-10-15(23)21(17(20)25)8-4-7-16(24)26-11-14(22)19-9-12-5-2-3-6-13(12)18/h2-3,5-6H,4,7-11H2,1H3,(H,19,22). The van der Waals surface area contributed by atoms with Gasteiger partial charge in [-0.05, 0) is 12.5 Å². The van der Waals surface area contributed by atoms with Gasteiger partial charge in [0.2, 0.25) is 5.91 Å². The molecule has 0 saturated carbocycles. The van der Waals surface area contributed by atoms with Gasteiger partial charge in [0.05, 0.1) is 0 Å². The molecule has 1 N–H and O–H groups in total. The Morgan fingerprint density at radius 1 is 1.27 bits per heavy atom. The van der Waals surface area contributed by atoms with Crippen molar-refractivity contribution in [3.63, 3.8) is 0 Å². The Morgan fingerprint density at radius 3 is 2.65 bits per heavy atom. The van der Waals surface area contributed by atoms with Crippen molar-refractivity contribution >= 4 is 23.8 Å². The molecule has 0 atom stereocenters. The average Bonchev–Trinajstić information content (AvgIpc) is 2.85.